The lowest BCUT2D eigenvalue weighted by Crippen LogP contribution is -2.37. The van der Waals surface area contributed by atoms with E-state index in [1.54, 1.807) is 6.92 Å². The van der Waals surface area contributed by atoms with Crippen molar-refractivity contribution >= 4 is 22.7 Å². The Balaban J connectivity index is 2.14. The van der Waals surface area contributed by atoms with Crippen LogP contribution in [-0.4, -0.2) is 29.5 Å². The summed E-state index contributed by atoms with van der Waals surface area (Å²) in [7, 11) is 0. The van der Waals surface area contributed by atoms with Crippen molar-refractivity contribution in [2.75, 3.05) is 13.1 Å². The second-order valence-corrected chi connectivity index (χ2v) is 5.11. The number of benzene rings is 1. The van der Waals surface area contributed by atoms with Gasteiger partial charge in [0.2, 0.25) is 11.8 Å². The summed E-state index contributed by atoms with van der Waals surface area (Å²) in [5.41, 5.74) is 1.16. The van der Waals surface area contributed by atoms with Gasteiger partial charge >= 0.3 is 0 Å². The minimum atomic E-state index is -0.261. The molecule has 2 aromatic rings. The number of carbonyl (C=O) groups is 2. The van der Waals surface area contributed by atoms with Gasteiger partial charge < -0.3 is 10.6 Å². The summed E-state index contributed by atoms with van der Waals surface area (Å²) in [4.78, 5) is 35.0. The summed E-state index contributed by atoms with van der Waals surface area (Å²) in [5.74, 6) is -0.404. The molecule has 6 heteroatoms. The normalized spacial score (nSPS) is 10.5. The average Bonchev–Trinajstić information content (AvgIpc) is 2.48. The van der Waals surface area contributed by atoms with Gasteiger partial charge in [0.05, 0.1) is 5.52 Å². The van der Waals surface area contributed by atoms with E-state index < -0.39 is 0 Å². The third-order valence-corrected chi connectivity index (χ3v) is 3.30. The van der Waals surface area contributed by atoms with E-state index in [0.717, 1.165) is 10.9 Å². The van der Waals surface area contributed by atoms with Crippen LogP contribution < -0.4 is 16.2 Å². The summed E-state index contributed by atoms with van der Waals surface area (Å²) in [6.07, 6.45) is 0. The first-order valence-electron chi connectivity index (χ1n) is 7.09. The van der Waals surface area contributed by atoms with Crippen LogP contribution >= 0.6 is 0 Å². The Morgan fingerprint density at radius 3 is 2.55 bits per heavy atom. The van der Waals surface area contributed by atoms with Gasteiger partial charge in [0, 0.05) is 25.6 Å². The monoisotopic (exact) mass is 301 g/mol. The zero-order valence-electron chi connectivity index (χ0n) is 12.7. The van der Waals surface area contributed by atoms with Gasteiger partial charge in [-0.25, -0.2) is 0 Å². The number of pyridine rings is 1. The summed E-state index contributed by atoms with van der Waals surface area (Å²) in [6.45, 7) is 3.81. The van der Waals surface area contributed by atoms with E-state index in [-0.39, 0.29) is 23.9 Å². The van der Waals surface area contributed by atoms with Crippen molar-refractivity contribution in [2.24, 2.45) is 0 Å². The first-order valence-corrected chi connectivity index (χ1v) is 7.09. The summed E-state index contributed by atoms with van der Waals surface area (Å²) < 4.78 is 1.47. The number of aromatic nitrogens is 1. The van der Waals surface area contributed by atoms with Gasteiger partial charge in [0.25, 0.3) is 5.56 Å². The second kappa shape index (κ2) is 6.89. The van der Waals surface area contributed by atoms with E-state index in [0.29, 0.717) is 18.7 Å². The number of carbonyl (C=O) groups excluding carboxylic acids is 2. The van der Waals surface area contributed by atoms with E-state index in [9.17, 15) is 14.4 Å². The molecule has 0 fully saturated rings. The van der Waals surface area contributed by atoms with E-state index in [4.69, 9.17) is 0 Å². The lowest BCUT2D eigenvalue weighted by molar-refractivity contribution is -0.122. The van der Waals surface area contributed by atoms with Crippen LogP contribution in [0.4, 0.5) is 0 Å². The van der Waals surface area contributed by atoms with E-state index in [1.165, 1.54) is 11.5 Å². The van der Waals surface area contributed by atoms with Crippen LogP contribution in [0.2, 0.25) is 0 Å². The largest absolute Gasteiger partial charge is 0.355 e. The van der Waals surface area contributed by atoms with Crippen LogP contribution in [0.1, 0.15) is 12.5 Å². The van der Waals surface area contributed by atoms with Crippen LogP contribution in [0, 0.1) is 6.92 Å². The molecule has 2 N–H and O–H groups in total. The Morgan fingerprint density at radius 2 is 1.82 bits per heavy atom. The molecule has 1 heterocycles. The molecule has 0 saturated heterocycles. The lowest BCUT2D eigenvalue weighted by Gasteiger charge is -2.12. The Morgan fingerprint density at radius 1 is 1.14 bits per heavy atom. The SMILES string of the molecule is CC(=O)NCCNC(=O)Cn1c(=O)c(C)cc2ccccc21. The smallest absolute Gasteiger partial charge is 0.254 e. The van der Waals surface area contributed by atoms with Crippen molar-refractivity contribution in [1.82, 2.24) is 15.2 Å². The molecule has 1 aromatic carbocycles. The lowest BCUT2D eigenvalue weighted by atomic mass is 10.1. The molecule has 0 spiro atoms. The second-order valence-electron chi connectivity index (χ2n) is 5.11. The average molecular weight is 301 g/mol. The first-order chi connectivity index (χ1) is 10.5. The zero-order valence-corrected chi connectivity index (χ0v) is 12.7. The molecular formula is C16H19N3O3. The summed E-state index contributed by atoms with van der Waals surface area (Å²) >= 11 is 0. The van der Waals surface area contributed by atoms with Gasteiger partial charge in [-0.2, -0.15) is 0 Å². The highest BCUT2D eigenvalue weighted by Gasteiger charge is 2.09. The number of nitrogens with one attached hydrogen (secondary N) is 2. The molecule has 22 heavy (non-hydrogen) atoms. The summed E-state index contributed by atoms with van der Waals surface area (Å²) in [5, 5.41) is 6.20. The zero-order chi connectivity index (χ0) is 16.1. The van der Waals surface area contributed by atoms with Gasteiger partial charge in [0.15, 0.2) is 0 Å². The predicted octanol–water partition coefficient (Wildman–Crippen LogP) is 0.562. The number of hydrogen-bond donors (Lipinski definition) is 2. The van der Waals surface area contributed by atoms with Gasteiger partial charge in [-0.05, 0) is 24.4 Å². The third kappa shape index (κ3) is 3.72. The molecule has 116 valence electrons. The van der Waals surface area contributed by atoms with Gasteiger partial charge in [-0.15, -0.1) is 0 Å². The quantitative estimate of drug-likeness (QED) is 0.792. The Kier molecular flexibility index (Phi) is 4.93. The highest BCUT2D eigenvalue weighted by atomic mass is 16.2. The number of aryl methyl sites for hydroxylation is 1. The molecule has 6 nitrogen and oxygen atoms in total. The van der Waals surface area contributed by atoms with Crippen molar-refractivity contribution in [3.05, 3.63) is 46.2 Å². The number of nitrogens with zero attached hydrogens (tertiary/aromatic N) is 1. The maximum atomic E-state index is 12.3. The number of hydrogen-bond acceptors (Lipinski definition) is 3. The number of rotatable bonds is 5. The Labute approximate surface area is 128 Å². The number of fused-ring (bicyclic) bond motifs is 1. The van der Waals surface area contributed by atoms with E-state index >= 15 is 0 Å². The van der Waals surface area contributed by atoms with E-state index in [1.807, 2.05) is 30.3 Å². The molecule has 0 aliphatic carbocycles. The third-order valence-electron chi connectivity index (χ3n) is 3.30. The summed E-state index contributed by atoms with van der Waals surface area (Å²) in [6, 6.07) is 9.28. The molecule has 0 saturated carbocycles. The Bertz CT molecular complexity index is 765. The van der Waals surface area contributed by atoms with Crippen molar-refractivity contribution in [3.63, 3.8) is 0 Å². The molecule has 0 unspecified atom stereocenters. The minimum absolute atomic E-state index is 0.0406. The van der Waals surface area contributed by atoms with Crippen LogP contribution in [0.3, 0.4) is 0 Å². The fourth-order valence-corrected chi connectivity index (χ4v) is 2.27. The van der Waals surface area contributed by atoms with E-state index in [2.05, 4.69) is 10.6 Å². The molecule has 0 radical (unpaired) electrons. The van der Waals surface area contributed by atoms with Gasteiger partial charge in [0.1, 0.15) is 6.54 Å². The molecule has 2 rings (SSSR count). The van der Waals surface area contributed by atoms with Gasteiger partial charge in [-0.1, -0.05) is 18.2 Å². The maximum Gasteiger partial charge on any atom is 0.254 e. The first kappa shape index (κ1) is 15.8. The van der Waals surface area contributed by atoms with Crippen molar-refractivity contribution in [2.45, 2.75) is 20.4 Å². The molecule has 0 bridgehead atoms. The minimum Gasteiger partial charge on any atom is -0.355 e. The number of para-hydroxylation sites is 1. The van der Waals surface area contributed by atoms with Crippen molar-refractivity contribution in [1.29, 1.82) is 0 Å². The fraction of sp³-hybridized carbons (Fsp3) is 0.312. The van der Waals surface area contributed by atoms with Crippen LogP contribution in [0.25, 0.3) is 10.9 Å². The van der Waals surface area contributed by atoms with Crippen LogP contribution in [0.15, 0.2) is 35.1 Å². The Hall–Kier alpha value is -2.63. The topological polar surface area (TPSA) is 80.2 Å². The molecule has 0 aliphatic heterocycles. The standard InChI is InChI=1S/C16H19N3O3/c1-11-9-13-5-3-4-6-14(13)19(16(11)22)10-15(21)18-8-7-17-12(2)20/h3-6,9H,7-8,10H2,1-2H3,(H,17,20)(H,18,21). The van der Waals surface area contributed by atoms with Crippen molar-refractivity contribution in [3.8, 4) is 0 Å². The predicted molar refractivity (Wildman–Crippen MR) is 84.6 cm³/mol. The molecule has 0 aliphatic rings. The molecule has 1 aromatic heterocycles. The molecule has 2 amide bonds. The van der Waals surface area contributed by atoms with Crippen LogP contribution in [-0.2, 0) is 16.1 Å². The van der Waals surface area contributed by atoms with Crippen LogP contribution in [0.5, 0.6) is 0 Å². The number of amides is 2. The maximum absolute atomic E-state index is 12.3. The van der Waals surface area contributed by atoms with Gasteiger partial charge in [-0.3, -0.25) is 19.0 Å². The fourth-order valence-electron chi connectivity index (χ4n) is 2.27. The van der Waals surface area contributed by atoms with Crippen molar-refractivity contribution < 1.29 is 9.59 Å². The highest BCUT2D eigenvalue weighted by Crippen LogP contribution is 2.12. The molecular weight excluding hydrogens is 282 g/mol. The molecule has 0 atom stereocenters. The highest BCUT2D eigenvalue weighted by molar-refractivity contribution is 5.82.